The number of benzene rings is 1. The van der Waals surface area contributed by atoms with E-state index < -0.39 is 17.5 Å². The van der Waals surface area contributed by atoms with Crippen LogP contribution in [0.15, 0.2) is 33.5 Å². The van der Waals surface area contributed by atoms with Crippen LogP contribution < -0.4 is 15.8 Å². The molecule has 0 atom stereocenters. The molecule has 2 aromatic rings. The van der Waals surface area contributed by atoms with Gasteiger partial charge in [0.25, 0.3) is 5.91 Å². The van der Waals surface area contributed by atoms with Crippen LogP contribution in [0, 0.1) is 0 Å². The van der Waals surface area contributed by atoms with Gasteiger partial charge in [0.05, 0.1) is 6.61 Å². The Morgan fingerprint density at radius 3 is 2.59 bits per heavy atom. The molecule has 0 fully saturated rings. The van der Waals surface area contributed by atoms with Gasteiger partial charge in [-0.2, -0.15) is 0 Å². The molecular weight excluding hydrogens is 376 g/mol. The Morgan fingerprint density at radius 1 is 1.14 bits per heavy atom. The number of amides is 1. The van der Waals surface area contributed by atoms with E-state index >= 15 is 0 Å². The lowest BCUT2D eigenvalue weighted by atomic mass is 10.1. The maximum atomic E-state index is 12.3. The molecule has 0 aliphatic rings. The van der Waals surface area contributed by atoms with Gasteiger partial charge in [-0.25, -0.2) is 4.79 Å². The molecule has 8 heteroatoms. The molecule has 1 aromatic heterocycles. The lowest BCUT2D eigenvalue weighted by Gasteiger charge is -2.21. The molecule has 8 nitrogen and oxygen atoms in total. The second kappa shape index (κ2) is 11.2. The van der Waals surface area contributed by atoms with Crippen molar-refractivity contribution in [1.82, 2.24) is 5.32 Å². The molecule has 2 rings (SSSR count). The van der Waals surface area contributed by atoms with Crippen molar-refractivity contribution < 1.29 is 23.8 Å². The van der Waals surface area contributed by atoms with Crippen LogP contribution in [0.3, 0.4) is 0 Å². The minimum absolute atomic E-state index is 0.0467. The van der Waals surface area contributed by atoms with E-state index in [0.29, 0.717) is 30.4 Å². The number of aliphatic carboxylic acids is 1. The van der Waals surface area contributed by atoms with Gasteiger partial charge in [0.2, 0.25) is 0 Å². The highest BCUT2D eigenvalue weighted by atomic mass is 16.5. The molecule has 158 valence electrons. The standard InChI is InChI=1S/C21H28N2O6/c1-3-23(4-2)16-9-8-15-13-17(21(27)29-18(15)14-16)20(26)22-10-12-28-11-6-5-7-19(24)25/h8-9,13-14H,3-7,10-12H2,1-2H3,(H,22,26)(H,24,25). The maximum Gasteiger partial charge on any atom is 0.349 e. The summed E-state index contributed by atoms with van der Waals surface area (Å²) >= 11 is 0. The Bertz CT molecular complexity index is 888. The number of unbranched alkanes of at least 4 members (excludes halogenated alkanes) is 1. The highest BCUT2D eigenvalue weighted by Crippen LogP contribution is 2.21. The summed E-state index contributed by atoms with van der Waals surface area (Å²) in [6.07, 6.45) is 1.31. The largest absolute Gasteiger partial charge is 0.481 e. The molecule has 0 saturated carbocycles. The number of nitrogens with zero attached hydrogens (tertiary/aromatic N) is 1. The summed E-state index contributed by atoms with van der Waals surface area (Å²) in [5, 5.41) is 11.9. The zero-order valence-corrected chi connectivity index (χ0v) is 16.9. The quantitative estimate of drug-likeness (QED) is 0.413. The fraction of sp³-hybridized carbons (Fsp3) is 0.476. The molecule has 0 radical (unpaired) electrons. The van der Waals surface area contributed by atoms with Crippen LogP contribution in [0.5, 0.6) is 0 Å². The molecule has 1 aromatic carbocycles. The lowest BCUT2D eigenvalue weighted by Crippen LogP contribution is -2.31. The number of carboxylic acid groups (broad SMARTS) is 1. The predicted molar refractivity (Wildman–Crippen MR) is 111 cm³/mol. The van der Waals surface area contributed by atoms with Crippen LogP contribution in [0.1, 0.15) is 43.5 Å². The number of anilines is 1. The Labute approximate surface area is 169 Å². The first-order valence-electron chi connectivity index (χ1n) is 9.86. The third-order valence-corrected chi connectivity index (χ3v) is 4.55. The minimum atomic E-state index is -0.823. The Kier molecular flexibility index (Phi) is 8.67. The van der Waals surface area contributed by atoms with E-state index in [4.69, 9.17) is 14.3 Å². The summed E-state index contributed by atoms with van der Waals surface area (Å²) < 4.78 is 10.7. The summed E-state index contributed by atoms with van der Waals surface area (Å²) in [7, 11) is 0. The van der Waals surface area contributed by atoms with Gasteiger partial charge in [0.15, 0.2) is 0 Å². The first-order valence-corrected chi connectivity index (χ1v) is 9.86. The first-order chi connectivity index (χ1) is 14.0. The number of hydrogen-bond acceptors (Lipinski definition) is 6. The van der Waals surface area contributed by atoms with Crippen LogP contribution in [-0.4, -0.2) is 49.8 Å². The third-order valence-electron chi connectivity index (χ3n) is 4.55. The first kappa shape index (κ1) is 22.4. The highest BCUT2D eigenvalue weighted by molar-refractivity contribution is 5.96. The number of nitrogens with one attached hydrogen (secondary N) is 1. The average Bonchev–Trinajstić information content (AvgIpc) is 2.69. The molecule has 1 amide bonds. The maximum absolute atomic E-state index is 12.3. The molecule has 0 aliphatic carbocycles. The molecule has 0 aliphatic heterocycles. The van der Waals surface area contributed by atoms with Gasteiger partial charge >= 0.3 is 11.6 Å². The predicted octanol–water partition coefficient (Wildman–Crippen LogP) is 2.64. The van der Waals surface area contributed by atoms with E-state index in [1.54, 1.807) is 0 Å². The number of fused-ring (bicyclic) bond motifs is 1. The van der Waals surface area contributed by atoms with Gasteiger partial charge in [0, 0.05) is 49.8 Å². The average molecular weight is 404 g/mol. The van der Waals surface area contributed by atoms with Crippen molar-refractivity contribution in [3.8, 4) is 0 Å². The van der Waals surface area contributed by atoms with Crippen molar-refractivity contribution in [2.75, 3.05) is 37.7 Å². The molecule has 0 spiro atoms. The monoisotopic (exact) mass is 404 g/mol. The van der Waals surface area contributed by atoms with Gasteiger partial charge in [0.1, 0.15) is 11.1 Å². The second-order valence-corrected chi connectivity index (χ2v) is 6.56. The van der Waals surface area contributed by atoms with Crippen molar-refractivity contribution in [3.05, 3.63) is 40.2 Å². The smallest absolute Gasteiger partial charge is 0.349 e. The van der Waals surface area contributed by atoms with Crippen molar-refractivity contribution in [2.45, 2.75) is 33.1 Å². The fourth-order valence-electron chi connectivity index (χ4n) is 2.96. The number of ether oxygens (including phenoxy) is 1. The van der Waals surface area contributed by atoms with E-state index in [1.807, 2.05) is 18.2 Å². The van der Waals surface area contributed by atoms with Crippen molar-refractivity contribution in [2.24, 2.45) is 0 Å². The van der Waals surface area contributed by atoms with Crippen molar-refractivity contribution in [1.29, 1.82) is 0 Å². The topological polar surface area (TPSA) is 109 Å². The van der Waals surface area contributed by atoms with Gasteiger partial charge in [-0.15, -0.1) is 0 Å². The number of carbonyl (C=O) groups excluding carboxylic acids is 1. The van der Waals surface area contributed by atoms with Gasteiger partial charge in [-0.05, 0) is 44.9 Å². The van der Waals surface area contributed by atoms with Crippen LogP contribution in [0.4, 0.5) is 5.69 Å². The fourth-order valence-corrected chi connectivity index (χ4v) is 2.96. The molecule has 0 bridgehead atoms. The van der Waals surface area contributed by atoms with Crippen LogP contribution >= 0.6 is 0 Å². The minimum Gasteiger partial charge on any atom is -0.481 e. The van der Waals surface area contributed by atoms with Gasteiger partial charge in [-0.3, -0.25) is 9.59 Å². The van der Waals surface area contributed by atoms with E-state index in [-0.39, 0.29) is 25.1 Å². The molecule has 1 heterocycles. The van der Waals surface area contributed by atoms with Crippen LogP contribution in [0.2, 0.25) is 0 Å². The lowest BCUT2D eigenvalue weighted by molar-refractivity contribution is -0.137. The number of rotatable bonds is 12. The van der Waals surface area contributed by atoms with Crippen LogP contribution in [-0.2, 0) is 9.53 Å². The molecule has 0 saturated heterocycles. The Hall–Kier alpha value is -2.87. The Balaban J connectivity index is 1.91. The van der Waals surface area contributed by atoms with E-state index in [1.165, 1.54) is 6.07 Å². The molecule has 2 N–H and O–H groups in total. The summed E-state index contributed by atoms with van der Waals surface area (Å²) in [6, 6.07) is 7.12. The second-order valence-electron chi connectivity index (χ2n) is 6.56. The molecule has 0 unspecified atom stereocenters. The summed E-state index contributed by atoms with van der Waals surface area (Å²) in [5.74, 6) is -1.33. The third kappa shape index (κ3) is 6.60. The van der Waals surface area contributed by atoms with E-state index in [9.17, 15) is 14.4 Å². The van der Waals surface area contributed by atoms with Gasteiger partial charge < -0.3 is 24.5 Å². The van der Waals surface area contributed by atoms with E-state index in [2.05, 4.69) is 24.1 Å². The number of hydrogen-bond donors (Lipinski definition) is 2. The molecular formula is C21H28N2O6. The normalized spacial score (nSPS) is 10.8. The Morgan fingerprint density at radius 2 is 1.90 bits per heavy atom. The van der Waals surface area contributed by atoms with Crippen molar-refractivity contribution >= 4 is 28.5 Å². The summed E-state index contributed by atoms with van der Waals surface area (Å²) in [6.45, 7) is 6.74. The molecule has 29 heavy (non-hydrogen) atoms. The number of carboxylic acids is 1. The highest BCUT2D eigenvalue weighted by Gasteiger charge is 2.14. The van der Waals surface area contributed by atoms with Crippen LogP contribution in [0.25, 0.3) is 11.0 Å². The SMILES string of the molecule is CCN(CC)c1ccc2cc(C(=O)NCCOCCCCC(=O)O)c(=O)oc2c1. The summed E-state index contributed by atoms with van der Waals surface area (Å²) in [5.41, 5.74) is 0.680. The van der Waals surface area contributed by atoms with Gasteiger partial charge in [-0.1, -0.05) is 0 Å². The van der Waals surface area contributed by atoms with E-state index in [0.717, 1.165) is 18.8 Å². The summed E-state index contributed by atoms with van der Waals surface area (Å²) in [4.78, 5) is 37.1. The number of carbonyl (C=O) groups is 2. The zero-order valence-electron chi connectivity index (χ0n) is 16.9. The zero-order chi connectivity index (χ0) is 21.2. The van der Waals surface area contributed by atoms with Crippen molar-refractivity contribution in [3.63, 3.8) is 0 Å².